The lowest BCUT2D eigenvalue weighted by atomic mass is 10.2. The van der Waals surface area contributed by atoms with Gasteiger partial charge in [0, 0.05) is 16.8 Å². The maximum Gasteiger partial charge on any atom is 0.276 e. The van der Waals surface area contributed by atoms with E-state index in [4.69, 9.17) is 16.7 Å². The molecule has 0 bridgehead atoms. The molecule has 7 nitrogen and oxygen atoms in total. The molecule has 0 fully saturated rings. The van der Waals surface area contributed by atoms with Gasteiger partial charge in [0.25, 0.3) is 11.8 Å². The third-order valence-corrected chi connectivity index (χ3v) is 3.05. The van der Waals surface area contributed by atoms with E-state index in [2.05, 4.69) is 20.6 Å². The predicted octanol–water partition coefficient (Wildman–Crippen LogP) is 1.43. The Balaban J connectivity index is 2.14. The molecule has 0 spiro atoms. The standard InChI is InChI=1S/C14H15ClN4O3/c1-8(6-20)18-13(21)11-12(17-7-16-11)14(22)19-10-4-2-3-9(15)5-10/h2-5,7-8,20H,6H2,1H3,(H,16,17)(H,18,21)(H,19,22)/t8-/m1/s1. The molecule has 22 heavy (non-hydrogen) atoms. The first-order valence-electron chi connectivity index (χ1n) is 6.53. The van der Waals surface area contributed by atoms with Crippen LogP contribution >= 0.6 is 11.6 Å². The number of aliphatic hydroxyl groups is 1. The Bertz CT molecular complexity index is 686. The number of nitrogens with zero attached hydrogens (tertiary/aromatic N) is 1. The number of carbonyl (C=O) groups excluding carboxylic acids is 2. The van der Waals surface area contributed by atoms with E-state index in [-0.39, 0.29) is 18.0 Å². The average Bonchev–Trinajstić information content (AvgIpc) is 2.96. The Morgan fingerprint density at radius 1 is 1.41 bits per heavy atom. The summed E-state index contributed by atoms with van der Waals surface area (Å²) in [4.78, 5) is 30.7. The minimum absolute atomic E-state index is 0.0276. The number of aromatic amines is 1. The number of halogens is 1. The molecule has 0 saturated carbocycles. The minimum Gasteiger partial charge on any atom is -0.394 e. The van der Waals surface area contributed by atoms with E-state index in [0.29, 0.717) is 10.7 Å². The number of imidazole rings is 1. The van der Waals surface area contributed by atoms with Gasteiger partial charge in [0.15, 0.2) is 5.69 Å². The maximum atomic E-state index is 12.2. The third kappa shape index (κ3) is 3.84. The van der Waals surface area contributed by atoms with E-state index in [9.17, 15) is 9.59 Å². The van der Waals surface area contributed by atoms with Crippen LogP contribution in [0.1, 0.15) is 27.9 Å². The second-order valence-corrected chi connectivity index (χ2v) is 5.08. The van der Waals surface area contributed by atoms with Gasteiger partial charge in [0.2, 0.25) is 0 Å². The van der Waals surface area contributed by atoms with Crippen LogP contribution in [0.5, 0.6) is 0 Å². The molecule has 0 unspecified atom stereocenters. The summed E-state index contributed by atoms with van der Waals surface area (Å²) in [6.07, 6.45) is 1.26. The summed E-state index contributed by atoms with van der Waals surface area (Å²) in [5, 5.41) is 14.6. The Hall–Kier alpha value is -2.38. The van der Waals surface area contributed by atoms with Crippen LogP contribution in [0.25, 0.3) is 0 Å². The highest BCUT2D eigenvalue weighted by atomic mass is 35.5. The molecule has 8 heteroatoms. The third-order valence-electron chi connectivity index (χ3n) is 2.82. The molecule has 0 aliphatic rings. The van der Waals surface area contributed by atoms with Gasteiger partial charge in [0.1, 0.15) is 5.69 Å². The largest absolute Gasteiger partial charge is 0.394 e. The van der Waals surface area contributed by atoms with Gasteiger partial charge in [-0.05, 0) is 25.1 Å². The molecule has 1 heterocycles. The highest BCUT2D eigenvalue weighted by molar-refractivity contribution is 6.31. The van der Waals surface area contributed by atoms with Gasteiger partial charge in [0.05, 0.1) is 12.9 Å². The van der Waals surface area contributed by atoms with Crippen molar-refractivity contribution in [2.45, 2.75) is 13.0 Å². The number of hydrogen-bond donors (Lipinski definition) is 4. The zero-order valence-corrected chi connectivity index (χ0v) is 12.5. The first-order valence-corrected chi connectivity index (χ1v) is 6.91. The zero-order valence-electron chi connectivity index (χ0n) is 11.8. The van der Waals surface area contributed by atoms with Gasteiger partial charge in [-0.25, -0.2) is 4.98 Å². The molecule has 2 rings (SSSR count). The van der Waals surface area contributed by atoms with Crippen LogP contribution in [0.15, 0.2) is 30.6 Å². The summed E-state index contributed by atoms with van der Waals surface area (Å²) >= 11 is 5.85. The number of H-pyrrole nitrogens is 1. The number of nitrogens with one attached hydrogen (secondary N) is 3. The normalized spacial score (nSPS) is 11.8. The zero-order chi connectivity index (χ0) is 16.1. The SMILES string of the molecule is C[C@H](CO)NC(=O)c1[nH]cnc1C(=O)Nc1cccc(Cl)c1. The molecule has 0 saturated heterocycles. The molecule has 2 aromatic rings. The van der Waals surface area contributed by atoms with Crippen molar-refractivity contribution >= 4 is 29.1 Å². The summed E-state index contributed by atoms with van der Waals surface area (Å²) < 4.78 is 0. The lowest BCUT2D eigenvalue weighted by molar-refractivity contribution is 0.0907. The highest BCUT2D eigenvalue weighted by Gasteiger charge is 2.21. The van der Waals surface area contributed by atoms with E-state index in [1.54, 1.807) is 31.2 Å². The Labute approximate surface area is 131 Å². The fraction of sp³-hybridized carbons (Fsp3) is 0.214. The number of benzene rings is 1. The second kappa shape index (κ2) is 7.06. The lowest BCUT2D eigenvalue weighted by Gasteiger charge is -2.10. The van der Waals surface area contributed by atoms with Gasteiger partial charge in [-0.15, -0.1) is 0 Å². The van der Waals surface area contributed by atoms with Crippen molar-refractivity contribution in [2.75, 3.05) is 11.9 Å². The molecule has 0 radical (unpaired) electrons. The molecule has 1 aromatic carbocycles. The van der Waals surface area contributed by atoms with Crippen LogP contribution in [-0.4, -0.2) is 39.5 Å². The molecular weight excluding hydrogens is 308 g/mol. The smallest absolute Gasteiger partial charge is 0.276 e. The Kier molecular flexibility index (Phi) is 5.13. The molecule has 2 amide bonds. The summed E-state index contributed by atoms with van der Waals surface area (Å²) in [6.45, 7) is 1.43. The first-order chi connectivity index (χ1) is 10.5. The Morgan fingerprint density at radius 3 is 2.86 bits per heavy atom. The summed E-state index contributed by atoms with van der Waals surface area (Å²) in [5.41, 5.74) is 0.484. The topological polar surface area (TPSA) is 107 Å². The van der Waals surface area contributed by atoms with Crippen LogP contribution < -0.4 is 10.6 Å². The lowest BCUT2D eigenvalue weighted by Crippen LogP contribution is -2.36. The number of hydrogen-bond acceptors (Lipinski definition) is 4. The highest BCUT2D eigenvalue weighted by Crippen LogP contribution is 2.16. The van der Waals surface area contributed by atoms with Crippen molar-refractivity contribution in [2.24, 2.45) is 0 Å². The van der Waals surface area contributed by atoms with Crippen LogP contribution in [0.2, 0.25) is 5.02 Å². The van der Waals surface area contributed by atoms with Crippen LogP contribution in [-0.2, 0) is 0 Å². The van der Waals surface area contributed by atoms with E-state index in [1.165, 1.54) is 6.33 Å². The molecule has 0 aliphatic heterocycles. The number of rotatable bonds is 5. The van der Waals surface area contributed by atoms with Crippen LogP contribution in [0, 0.1) is 0 Å². The average molecular weight is 323 g/mol. The molecule has 1 aromatic heterocycles. The molecular formula is C14H15ClN4O3. The molecule has 1 atom stereocenters. The molecule has 4 N–H and O–H groups in total. The van der Waals surface area contributed by atoms with Crippen molar-refractivity contribution in [1.82, 2.24) is 15.3 Å². The molecule has 0 aliphatic carbocycles. The van der Waals surface area contributed by atoms with Gasteiger partial charge in [-0.2, -0.15) is 0 Å². The van der Waals surface area contributed by atoms with Gasteiger partial charge in [-0.1, -0.05) is 17.7 Å². The number of aromatic nitrogens is 2. The van der Waals surface area contributed by atoms with Crippen LogP contribution in [0.3, 0.4) is 0 Å². The summed E-state index contributed by atoms with van der Waals surface area (Å²) in [5.74, 6) is -1.05. The minimum atomic E-state index is -0.537. The number of anilines is 1. The summed E-state index contributed by atoms with van der Waals surface area (Å²) in [7, 11) is 0. The Morgan fingerprint density at radius 2 is 2.18 bits per heavy atom. The van der Waals surface area contributed by atoms with Gasteiger partial charge >= 0.3 is 0 Å². The van der Waals surface area contributed by atoms with Gasteiger partial charge < -0.3 is 20.7 Å². The summed E-state index contributed by atoms with van der Waals surface area (Å²) in [6, 6.07) is 6.20. The van der Waals surface area contributed by atoms with E-state index < -0.39 is 17.9 Å². The van der Waals surface area contributed by atoms with Crippen molar-refractivity contribution in [1.29, 1.82) is 0 Å². The molecule has 116 valence electrons. The predicted molar refractivity (Wildman–Crippen MR) is 82.0 cm³/mol. The fourth-order valence-corrected chi connectivity index (χ4v) is 1.93. The second-order valence-electron chi connectivity index (χ2n) is 4.65. The fourth-order valence-electron chi connectivity index (χ4n) is 1.74. The van der Waals surface area contributed by atoms with E-state index in [1.807, 2.05) is 0 Å². The van der Waals surface area contributed by atoms with Crippen molar-refractivity contribution < 1.29 is 14.7 Å². The number of carbonyl (C=O) groups is 2. The van der Waals surface area contributed by atoms with Crippen LogP contribution in [0.4, 0.5) is 5.69 Å². The quantitative estimate of drug-likeness (QED) is 0.668. The monoisotopic (exact) mass is 322 g/mol. The maximum absolute atomic E-state index is 12.2. The van der Waals surface area contributed by atoms with E-state index >= 15 is 0 Å². The number of aliphatic hydroxyl groups excluding tert-OH is 1. The van der Waals surface area contributed by atoms with Crippen molar-refractivity contribution in [3.8, 4) is 0 Å². The van der Waals surface area contributed by atoms with Crippen molar-refractivity contribution in [3.05, 3.63) is 47.0 Å². The number of amides is 2. The van der Waals surface area contributed by atoms with Gasteiger partial charge in [-0.3, -0.25) is 9.59 Å². The van der Waals surface area contributed by atoms with E-state index in [0.717, 1.165) is 0 Å². The van der Waals surface area contributed by atoms with Crippen molar-refractivity contribution in [3.63, 3.8) is 0 Å². The first kappa shape index (κ1) is 16.0.